The molecule has 2 N–H and O–H groups in total. The van der Waals surface area contributed by atoms with E-state index in [-0.39, 0.29) is 47.6 Å². The van der Waals surface area contributed by atoms with Gasteiger partial charge in [0, 0.05) is 34.4 Å². The van der Waals surface area contributed by atoms with E-state index < -0.39 is 69.7 Å². The van der Waals surface area contributed by atoms with E-state index >= 15 is 0 Å². The molecule has 0 spiro atoms. The molecule has 2 aliphatic rings. The highest BCUT2D eigenvalue weighted by Gasteiger charge is 2.70. The number of benzene rings is 2. The van der Waals surface area contributed by atoms with Gasteiger partial charge in [0.15, 0.2) is 12.2 Å². The summed E-state index contributed by atoms with van der Waals surface area (Å²) in [4.78, 5) is 7.06. The number of halogens is 10. The van der Waals surface area contributed by atoms with Gasteiger partial charge in [0.25, 0.3) is 0 Å². The lowest BCUT2D eigenvalue weighted by Crippen LogP contribution is -2.36. The number of ether oxygens (including phenoxy) is 2. The van der Waals surface area contributed by atoms with Gasteiger partial charge in [0.2, 0.25) is 0 Å². The zero-order valence-corrected chi connectivity index (χ0v) is 24.7. The molecule has 0 bridgehead atoms. The molecule has 6 nitrogen and oxygen atoms in total. The minimum atomic E-state index is -5.01. The Hall–Kier alpha value is -4.09. The van der Waals surface area contributed by atoms with Crippen LogP contribution in [0.5, 0.6) is 23.0 Å². The molecule has 6 rings (SSSR count). The van der Waals surface area contributed by atoms with Crippen molar-refractivity contribution in [3.8, 4) is 23.0 Å². The molecule has 47 heavy (non-hydrogen) atoms. The quantitative estimate of drug-likeness (QED) is 0.209. The Morgan fingerprint density at radius 1 is 0.638 bits per heavy atom. The number of hydrogen-bond acceptors (Lipinski definition) is 6. The van der Waals surface area contributed by atoms with Crippen molar-refractivity contribution < 1.29 is 66.3 Å². The van der Waals surface area contributed by atoms with Gasteiger partial charge in [-0.2, -0.15) is 48.6 Å². The summed E-state index contributed by atoms with van der Waals surface area (Å²) in [7, 11) is 0. The van der Waals surface area contributed by atoms with Crippen LogP contribution in [0.15, 0.2) is 61.2 Å². The molecule has 0 saturated carbocycles. The number of aromatic nitrogens is 2. The molecule has 2 atom stereocenters. The molecule has 2 aromatic carbocycles. The fourth-order valence-corrected chi connectivity index (χ4v) is 4.84. The van der Waals surface area contributed by atoms with E-state index in [1.807, 2.05) is 0 Å². The summed E-state index contributed by atoms with van der Waals surface area (Å²) >= 11 is 0. The maximum absolute atomic E-state index is 13.9. The fourth-order valence-electron chi connectivity index (χ4n) is 4.84. The molecule has 0 aliphatic heterocycles. The largest absolute Gasteiger partial charge is 0.455 e. The molecule has 4 aromatic rings. The lowest BCUT2D eigenvalue weighted by atomic mass is 10.0. The molecule has 17 heteroatoms. The Kier molecular flexibility index (Phi) is 8.50. The van der Waals surface area contributed by atoms with Gasteiger partial charge in [0.1, 0.15) is 34.6 Å². The first kappa shape index (κ1) is 32.8. The molecule has 2 aromatic heterocycles. The number of hydrogen-bond donors (Lipinski definition) is 2. The van der Waals surface area contributed by atoms with Gasteiger partial charge >= 0.3 is 23.7 Å². The van der Waals surface area contributed by atoms with Gasteiger partial charge in [-0.3, -0.25) is 9.97 Å². The summed E-state index contributed by atoms with van der Waals surface area (Å²) in [5.74, 6) is -21.4. The molecule has 252 valence electrons. The standard InChI is InChI=1S/2C15H10F5NO2.H2S/c2*1-7-11(23-9-4-8(16)5-21-6-9)3-2-10-12(7)13(22)15(19,20)14(10,17)18;/h2*2-6,13,22H,1H3;1H2/t2*13-;/m10./s1/i2*13D;. The van der Waals surface area contributed by atoms with E-state index in [9.17, 15) is 54.1 Å². The SMILES string of the molecule is S.[2H][C@@]1(O)c2c(ccc(Oc3cncc(F)c3)c2C)C(F)(F)C1(F)F.[2H][C@]1(O)c2c(ccc(Oc3cncc(F)c3)c2C)C(F)(F)C1(F)F. The third-order valence-electron chi connectivity index (χ3n) is 7.18. The molecule has 0 unspecified atom stereocenters. The van der Waals surface area contributed by atoms with Crippen LogP contribution in [-0.4, -0.2) is 32.0 Å². The van der Waals surface area contributed by atoms with Gasteiger partial charge in [0.05, 0.1) is 27.5 Å². The summed E-state index contributed by atoms with van der Waals surface area (Å²) < 4.78 is 162. The van der Waals surface area contributed by atoms with Crippen molar-refractivity contribution in [1.82, 2.24) is 9.97 Å². The van der Waals surface area contributed by atoms with Crippen molar-refractivity contribution in [3.63, 3.8) is 0 Å². The molecule has 0 radical (unpaired) electrons. The van der Waals surface area contributed by atoms with Crippen LogP contribution < -0.4 is 9.47 Å². The summed E-state index contributed by atoms with van der Waals surface area (Å²) in [6.45, 7) is 2.30. The normalized spacial score (nSPS) is 24.4. The first-order chi connectivity index (χ1) is 22.0. The van der Waals surface area contributed by atoms with Crippen molar-refractivity contribution in [1.29, 1.82) is 0 Å². The number of nitrogens with zero attached hydrogens (tertiary/aromatic N) is 2. The monoisotopic (exact) mass is 698 g/mol. The maximum atomic E-state index is 13.9. The van der Waals surface area contributed by atoms with Crippen molar-refractivity contribution in [3.05, 3.63) is 106 Å². The molecular formula is C30H22F10N2O4S. The van der Waals surface area contributed by atoms with Gasteiger partial charge < -0.3 is 19.7 Å². The van der Waals surface area contributed by atoms with Crippen LogP contribution in [0.3, 0.4) is 0 Å². The molecule has 0 saturated heterocycles. The number of fused-ring (bicyclic) bond motifs is 2. The van der Waals surface area contributed by atoms with E-state index in [1.54, 1.807) is 0 Å². The minimum Gasteiger partial charge on any atom is -0.455 e. The van der Waals surface area contributed by atoms with Crippen LogP contribution >= 0.6 is 13.5 Å². The number of aliphatic hydroxyl groups is 2. The summed E-state index contributed by atoms with van der Waals surface area (Å²) in [5.41, 5.74) is -4.70. The molecule has 2 aliphatic carbocycles. The zero-order chi connectivity index (χ0) is 35.8. The topological polar surface area (TPSA) is 84.7 Å². The lowest BCUT2D eigenvalue weighted by Gasteiger charge is -2.21. The van der Waals surface area contributed by atoms with Crippen molar-refractivity contribution >= 4 is 13.5 Å². The van der Waals surface area contributed by atoms with Crippen molar-refractivity contribution in [2.45, 2.75) is 49.7 Å². The fraction of sp³-hybridized carbons (Fsp3) is 0.267. The maximum Gasteiger partial charge on any atom is 0.343 e. The predicted molar refractivity (Wildman–Crippen MR) is 149 cm³/mol. The second-order valence-corrected chi connectivity index (χ2v) is 10.1. The van der Waals surface area contributed by atoms with E-state index in [4.69, 9.17) is 12.2 Å². The van der Waals surface area contributed by atoms with Gasteiger partial charge in [-0.05, 0) is 49.2 Å². The Morgan fingerprint density at radius 3 is 1.30 bits per heavy atom. The number of pyridine rings is 2. The van der Waals surface area contributed by atoms with E-state index in [0.29, 0.717) is 12.1 Å². The highest BCUT2D eigenvalue weighted by atomic mass is 32.1. The summed E-state index contributed by atoms with van der Waals surface area (Å²) in [6, 6.07) is 5.20. The van der Waals surface area contributed by atoms with Crippen LogP contribution in [0.1, 0.15) is 48.3 Å². The average Bonchev–Trinajstić information content (AvgIpc) is 3.16. The Labute approximate surface area is 268 Å². The predicted octanol–water partition coefficient (Wildman–Crippen LogP) is 8.30. The highest BCUT2D eigenvalue weighted by Crippen LogP contribution is 2.60. The van der Waals surface area contributed by atoms with E-state index in [1.165, 1.54) is 0 Å². The van der Waals surface area contributed by atoms with Gasteiger partial charge in [-0.1, -0.05) is 0 Å². The first-order valence-electron chi connectivity index (χ1n) is 13.8. The lowest BCUT2D eigenvalue weighted by molar-refractivity contribution is -0.246. The van der Waals surface area contributed by atoms with Gasteiger partial charge in [-0.25, -0.2) is 8.78 Å². The van der Waals surface area contributed by atoms with Crippen LogP contribution in [0.25, 0.3) is 0 Å². The van der Waals surface area contributed by atoms with E-state index in [2.05, 4.69) is 9.97 Å². The highest BCUT2D eigenvalue weighted by molar-refractivity contribution is 7.59. The molecular weight excluding hydrogens is 674 g/mol. The third-order valence-corrected chi connectivity index (χ3v) is 7.18. The molecule has 2 heterocycles. The van der Waals surface area contributed by atoms with E-state index in [0.717, 1.165) is 62.9 Å². The Morgan fingerprint density at radius 2 is 0.979 bits per heavy atom. The van der Waals surface area contributed by atoms with Gasteiger partial charge in [-0.15, -0.1) is 0 Å². The van der Waals surface area contributed by atoms with Crippen LogP contribution in [0.2, 0.25) is 0 Å². The smallest absolute Gasteiger partial charge is 0.343 e. The minimum absolute atomic E-state index is 0. The van der Waals surface area contributed by atoms with Crippen LogP contribution in [-0.2, 0) is 11.8 Å². The Bertz CT molecular complexity index is 1800. The van der Waals surface area contributed by atoms with Crippen molar-refractivity contribution in [2.24, 2.45) is 0 Å². The first-order valence-corrected chi connectivity index (χ1v) is 12.8. The third kappa shape index (κ3) is 5.73. The Balaban J connectivity index is 0.000000216. The summed E-state index contributed by atoms with van der Waals surface area (Å²) in [5, 5.41) is 19.5. The molecule has 0 fully saturated rings. The number of rotatable bonds is 4. The van der Waals surface area contributed by atoms with Crippen molar-refractivity contribution in [2.75, 3.05) is 0 Å². The van der Waals surface area contributed by atoms with Crippen LogP contribution in [0, 0.1) is 25.5 Å². The second kappa shape index (κ2) is 12.2. The second-order valence-electron chi connectivity index (χ2n) is 10.1. The average molecular weight is 699 g/mol. The number of alkyl halides is 8. The zero-order valence-electron chi connectivity index (χ0n) is 25.7. The van der Waals surface area contributed by atoms with Crippen LogP contribution in [0.4, 0.5) is 43.9 Å². The molecule has 0 amide bonds. The summed E-state index contributed by atoms with van der Waals surface area (Å²) in [6.07, 6.45) is -3.57.